The molecule has 0 aliphatic carbocycles. The molecule has 1 N–H and O–H groups in total. The van der Waals surface area contributed by atoms with Crippen LogP contribution in [0, 0.1) is 0 Å². The van der Waals surface area contributed by atoms with Crippen LogP contribution in [-0.4, -0.2) is 24.7 Å². The quantitative estimate of drug-likeness (QED) is 0.841. The number of ether oxygens (including phenoxy) is 2. The van der Waals surface area contributed by atoms with Crippen molar-refractivity contribution in [2.45, 2.75) is 52.3 Å². The number of benzene rings is 1. The molecule has 0 saturated carbocycles. The third-order valence-corrected chi connectivity index (χ3v) is 2.88. The Hall–Kier alpha value is -1.55. The topological polar surface area (TPSA) is 47.6 Å². The molecule has 2 unspecified atom stereocenters. The highest BCUT2D eigenvalue weighted by atomic mass is 16.6. The van der Waals surface area contributed by atoms with Gasteiger partial charge in [-0.2, -0.15) is 0 Å². The van der Waals surface area contributed by atoms with Crippen molar-refractivity contribution in [3.8, 4) is 5.75 Å². The molecular formula is C16H25NO3. The van der Waals surface area contributed by atoms with E-state index in [4.69, 9.17) is 9.47 Å². The minimum atomic E-state index is -0.462. The lowest BCUT2D eigenvalue weighted by Gasteiger charge is -2.25. The lowest BCUT2D eigenvalue weighted by atomic mass is 10.1. The molecule has 0 aliphatic rings. The number of carbonyl (C=O) groups is 1. The van der Waals surface area contributed by atoms with Crippen molar-refractivity contribution >= 4 is 5.97 Å². The van der Waals surface area contributed by atoms with Crippen LogP contribution in [0.5, 0.6) is 5.75 Å². The van der Waals surface area contributed by atoms with Gasteiger partial charge in [0.2, 0.25) is 0 Å². The van der Waals surface area contributed by atoms with E-state index < -0.39 is 5.60 Å². The Kier molecular flexibility index (Phi) is 5.57. The van der Waals surface area contributed by atoms with Gasteiger partial charge in [-0.25, -0.2) is 0 Å². The number of methoxy groups -OCH3 is 1. The number of rotatable bonds is 5. The van der Waals surface area contributed by atoms with E-state index in [1.54, 1.807) is 7.11 Å². The van der Waals surface area contributed by atoms with Gasteiger partial charge in [0.25, 0.3) is 0 Å². The molecule has 1 aromatic rings. The summed E-state index contributed by atoms with van der Waals surface area (Å²) in [6.07, 6.45) is 0. The van der Waals surface area contributed by atoms with Gasteiger partial charge in [0.05, 0.1) is 7.11 Å². The fraction of sp³-hybridized carbons (Fsp3) is 0.562. The molecule has 0 spiro atoms. The summed E-state index contributed by atoms with van der Waals surface area (Å²) in [5, 5.41) is 3.24. The predicted octanol–water partition coefficient (Wildman–Crippen LogP) is 3.08. The van der Waals surface area contributed by atoms with Crippen LogP contribution < -0.4 is 10.1 Å². The first-order valence-electron chi connectivity index (χ1n) is 6.86. The summed E-state index contributed by atoms with van der Waals surface area (Å²) in [4.78, 5) is 11.9. The maximum atomic E-state index is 11.9. The highest BCUT2D eigenvalue weighted by Crippen LogP contribution is 2.18. The van der Waals surface area contributed by atoms with Crippen molar-refractivity contribution in [1.29, 1.82) is 0 Å². The van der Waals surface area contributed by atoms with Gasteiger partial charge >= 0.3 is 5.97 Å². The Bertz CT molecular complexity index is 434. The molecule has 0 radical (unpaired) electrons. The van der Waals surface area contributed by atoms with Crippen LogP contribution in [0.2, 0.25) is 0 Å². The van der Waals surface area contributed by atoms with Crippen LogP contribution in [0.3, 0.4) is 0 Å². The SMILES string of the molecule is COc1ccc(C(C)NC(C)C(=O)OC(C)(C)C)cc1. The average Bonchev–Trinajstić information content (AvgIpc) is 2.36. The van der Waals surface area contributed by atoms with E-state index in [9.17, 15) is 4.79 Å². The Morgan fingerprint density at radius 1 is 1.15 bits per heavy atom. The van der Waals surface area contributed by atoms with Gasteiger partial charge in [0.15, 0.2) is 0 Å². The minimum absolute atomic E-state index is 0.0587. The number of nitrogens with one attached hydrogen (secondary N) is 1. The first-order chi connectivity index (χ1) is 9.23. The van der Waals surface area contributed by atoms with Crippen LogP contribution >= 0.6 is 0 Å². The average molecular weight is 279 g/mol. The van der Waals surface area contributed by atoms with E-state index in [-0.39, 0.29) is 18.1 Å². The number of hydrogen-bond acceptors (Lipinski definition) is 4. The van der Waals surface area contributed by atoms with E-state index in [1.165, 1.54) is 0 Å². The summed E-state index contributed by atoms with van der Waals surface area (Å²) in [5.74, 6) is 0.582. The van der Waals surface area contributed by atoms with E-state index in [2.05, 4.69) is 5.32 Å². The van der Waals surface area contributed by atoms with Gasteiger partial charge in [-0.05, 0) is 52.3 Å². The normalized spacial score (nSPS) is 14.5. The Labute approximate surface area is 121 Å². The highest BCUT2D eigenvalue weighted by Gasteiger charge is 2.22. The van der Waals surface area contributed by atoms with Crippen molar-refractivity contribution in [2.24, 2.45) is 0 Å². The van der Waals surface area contributed by atoms with Crippen molar-refractivity contribution in [1.82, 2.24) is 5.32 Å². The Balaban J connectivity index is 2.60. The summed E-state index contributed by atoms with van der Waals surface area (Å²) in [5.41, 5.74) is 0.636. The number of carbonyl (C=O) groups excluding carboxylic acids is 1. The van der Waals surface area contributed by atoms with Gasteiger partial charge in [-0.1, -0.05) is 12.1 Å². The summed E-state index contributed by atoms with van der Waals surface area (Å²) in [7, 11) is 1.64. The van der Waals surface area contributed by atoms with Gasteiger partial charge in [-0.15, -0.1) is 0 Å². The fourth-order valence-corrected chi connectivity index (χ4v) is 1.82. The van der Waals surface area contributed by atoms with Gasteiger partial charge in [0, 0.05) is 6.04 Å². The molecule has 2 atom stereocenters. The maximum Gasteiger partial charge on any atom is 0.323 e. The number of esters is 1. The zero-order valence-corrected chi connectivity index (χ0v) is 13.2. The van der Waals surface area contributed by atoms with E-state index >= 15 is 0 Å². The summed E-state index contributed by atoms with van der Waals surface area (Å²) >= 11 is 0. The third kappa shape index (κ3) is 5.21. The summed E-state index contributed by atoms with van der Waals surface area (Å²) in [6.45, 7) is 9.43. The van der Waals surface area contributed by atoms with Crippen LogP contribution in [0.1, 0.15) is 46.2 Å². The van der Waals surface area contributed by atoms with Crippen LogP contribution in [-0.2, 0) is 9.53 Å². The van der Waals surface area contributed by atoms with E-state index in [0.717, 1.165) is 11.3 Å². The lowest BCUT2D eigenvalue weighted by Crippen LogP contribution is -2.40. The monoisotopic (exact) mass is 279 g/mol. The van der Waals surface area contributed by atoms with E-state index in [1.807, 2.05) is 58.9 Å². The third-order valence-electron chi connectivity index (χ3n) is 2.88. The van der Waals surface area contributed by atoms with Crippen LogP contribution in [0.25, 0.3) is 0 Å². The molecule has 0 aliphatic heterocycles. The molecule has 0 fully saturated rings. The molecule has 112 valence electrons. The second-order valence-electron chi connectivity index (χ2n) is 5.92. The molecule has 4 nitrogen and oxygen atoms in total. The molecule has 0 aromatic heterocycles. The first-order valence-corrected chi connectivity index (χ1v) is 6.86. The molecule has 1 aromatic carbocycles. The second kappa shape index (κ2) is 6.75. The Morgan fingerprint density at radius 2 is 1.70 bits per heavy atom. The van der Waals surface area contributed by atoms with E-state index in [0.29, 0.717) is 0 Å². The van der Waals surface area contributed by atoms with Crippen molar-refractivity contribution in [3.63, 3.8) is 0 Å². The summed E-state index contributed by atoms with van der Waals surface area (Å²) in [6, 6.07) is 7.49. The van der Waals surface area contributed by atoms with Gasteiger partial charge in [-0.3, -0.25) is 10.1 Å². The lowest BCUT2D eigenvalue weighted by molar-refractivity contribution is -0.157. The Morgan fingerprint density at radius 3 is 2.15 bits per heavy atom. The molecule has 0 saturated heterocycles. The molecular weight excluding hydrogens is 254 g/mol. The molecule has 0 amide bonds. The van der Waals surface area contributed by atoms with Crippen LogP contribution in [0.15, 0.2) is 24.3 Å². The molecule has 20 heavy (non-hydrogen) atoms. The minimum Gasteiger partial charge on any atom is -0.497 e. The van der Waals surface area contributed by atoms with Crippen LogP contribution in [0.4, 0.5) is 0 Å². The van der Waals surface area contributed by atoms with Crippen molar-refractivity contribution < 1.29 is 14.3 Å². The molecule has 4 heteroatoms. The molecule has 0 bridgehead atoms. The molecule has 0 heterocycles. The fourth-order valence-electron chi connectivity index (χ4n) is 1.82. The smallest absolute Gasteiger partial charge is 0.323 e. The predicted molar refractivity (Wildman–Crippen MR) is 79.9 cm³/mol. The maximum absolute atomic E-state index is 11.9. The standard InChI is InChI=1S/C16H25NO3/c1-11(13-7-9-14(19-6)10-8-13)17-12(2)15(18)20-16(3,4)5/h7-12,17H,1-6H3. The summed E-state index contributed by atoms with van der Waals surface area (Å²) < 4.78 is 10.5. The zero-order valence-electron chi connectivity index (χ0n) is 13.2. The first kappa shape index (κ1) is 16.5. The largest absolute Gasteiger partial charge is 0.497 e. The van der Waals surface area contributed by atoms with Crippen molar-refractivity contribution in [3.05, 3.63) is 29.8 Å². The second-order valence-corrected chi connectivity index (χ2v) is 5.92. The zero-order chi connectivity index (χ0) is 15.3. The van der Waals surface area contributed by atoms with Crippen molar-refractivity contribution in [2.75, 3.05) is 7.11 Å². The molecule has 1 rings (SSSR count). The highest BCUT2D eigenvalue weighted by molar-refractivity contribution is 5.75. The van der Waals surface area contributed by atoms with Gasteiger partial charge in [0.1, 0.15) is 17.4 Å². The number of hydrogen-bond donors (Lipinski definition) is 1. The van der Waals surface area contributed by atoms with Gasteiger partial charge < -0.3 is 9.47 Å².